The van der Waals surface area contributed by atoms with E-state index in [1.54, 1.807) is 0 Å². The highest BCUT2D eigenvalue weighted by Gasteiger charge is 2.76. The molecule has 1 unspecified atom stereocenters. The van der Waals surface area contributed by atoms with E-state index in [1.807, 2.05) is 0 Å². The van der Waals surface area contributed by atoms with Gasteiger partial charge in [-0.15, -0.1) is 0 Å². The third kappa shape index (κ3) is 1.42. The second-order valence-electron chi connectivity index (χ2n) is 3.63. The fourth-order valence-electron chi connectivity index (χ4n) is 1.42. The van der Waals surface area contributed by atoms with Gasteiger partial charge >= 0.3 is 6.18 Å². The molecule has 8 heteroatoms. The molecule has 1 rings (SSSR count). The molecule has 1 fully saturated rings. The smallest absolute Gasteiger partial charge is 0.392 e. The molecule has 15 heavy (non-hydrogen) atoms. The van der Waals surface area contributed by atoms with Crippen molar-refractivity contribution in [3.8, 4) is 6.07 Å². The van der Waals surface area contributed by atoms with Gasteiger partial charge in [0.25, 0.3) is 5.79 Å². The van der Waals surface area contributed by atoms with Crippen molar-refractivity contribution in [1.82, 2.24) is 0 Å². The van der Waals surface area contributed by atoms with Gasteiger partial charge in [-0.1, -0.05) is 0 Å². The molecule has 0 amide bonds. The quantitative estimate of drug-likeness (QED) is 0.330. The minimum absolute atomic E-state index is 0.548. The number of hydrogen-bond donors (Lipinski definition) is 3. The first-order valence-electron chi connectivity index (χ1n) is 3.96. The molecule has 0 aromatic heterocycles. The van der Waals surface area contributed by atoms with E-state index in [-0.39, 0.29) is 0 Å². The Morgan fingerprint density at radius 3 is 1.80 bits per heavy atom. The number of nitriles is 1. The largest absolute Gasteiger partial charge is 0.396 e. The molecule has 0 saturated heterocycles. The summed E-state index contributed by atoms with van der Waals surface area (Å²) < 4.78 is 37.5. The molecule has 1 aliphatic carbocycles. The van der Waals surface area contributed by atoms with E-state index in [0.717, 1.165) is 6.07 Å². The molecular weight excluding hydrogens is 214 g/mol. The second-order valence-corrected chi connectivity index (χ2v) is 3.63. The van der Waals surface area contributed by atoms with Gasteiger partial charge in [0.2, 0.25) is 0 Å². The summed E-state index contributed by atoms with van der Waals surface area (Å²) in [4.78, 5) is 0. The Balaban J connectivity index is 3.14. The lowest BCUT2D eigenvalue weighted by Crippen LogP contribution is -2.63. The van der Waals surface area contributed by atoms with Crippen molar-refractivity contribution >= 4 is 7.85 Å². The summed E-state index contributed by atoms with van der Waals surface area (Å²) in [5.74, 6) is -3.64. The number of alkyl halides is 3. The van der Waals surface area contributed by atoms with Crippen LogP contribution in [0.4, 0.5) is 13.2 Å². The van der Waals surface area contributed by atoms with E-state index in [2.05, 4.69) is 0 Å². The molecule has 3 N–H and O–H groups in total. The van der Waals surface area contributed by atoms with Crippen LogP contribution in [0.5, 0.6) is 0 Å². The molecule has 0 aromatic rings. The van der Waals surface area contributed by atoms with Gasteiger partial charge in [0.1, 0.15) is 19.4 Å². The maximum absolute atomic E-state index is 12.5. The Morgan fingerprint density at radius 1 is 1.20 bits per heavy atom. The average Bonchev–Trinajstić information content (AvgIpc) is 2.81. The van der Waals surface area contributed by atoms with Crippen LogP contribution in [0.15, 0.2) is 0 Å². The van der Waals surface area contributed by atoms with E-state index >= 15 is 0 Å². The van der Waals surface area contributed by atoms with Crippen molar-refractivity contribution in [1.29, 1.82) is 5.26 Å². The molecule has 0 spiro atoms. The molecule has 0 aromatic carbocycles. The first-order chi connectivity index (χ1) is 6.52. The fraction of sp³-hybridized carbons (Fsp3) is 0.857. The lowest BCUT2D eigenvalue weighted by molar-refractivity contribution is -0.291. The van der Waals surface area contributed by atoms with Gasteiger partial charge in [-0.25, -0.2) is 0 Å². The van der Waals surface area contributed by atoms with Crippen LogP contribution in [0.25, 0.3) is 0 Å². The summed E-state index contributed by atoms with van der Waals surface area (Å²) in [6, 6.07) is 0.736. The SMILES string of the molecule is [B]C(O)(C(O)(O)C#N)C1(C(F)(F)F)CC1. The third-order valence-corrected chi connectivity index (χ3v) is 2.71. The Morgan fingerprint density at radius 2 is 1.60 bits per heavy atom. The van der Waals surface area contributed by atoms with E-state index in [1.165, 1.54) is 0 Å². The van der Waals surface area contributed by atoms with E-state index in [9.17, 15) is 18.3 Å². The molecule has 1 atom stereocenters. The highest BCUT2D eigenvalue weighted by Crippen LogP contribution is 2.64. The van der Waals surface area contributed by atoms with Gasteiger partial charge < -0.3 is 15.3 Å². The fourth-order valence-corrected chi connectivity index (χ4v) is 1.42. The summed E-state index contributed by atoms with van der Waals surface area (Å²) in [6.07, 6.45) is -5.99. The number of halogens is 3. The summed E-state index contributed by atoms with van der Waals surface area (Å²) in [7, 11) is 4.84. The van der Waals surface area contributed by atoms with Crippen LogP contribution in [0.3, 0.4) is 0 Å². The van der Waals surface area contributed by atoms with Crippen LogP contribution in [0.2, 0.25) is 0 Å². The first kappa shape index (κ1) is 12.3. The minimum atomic E-state index is -4.90. The Labute approximate surface area is 84.3 Å². The predicted octanol–water partition coefficient (Wildman–Crippen LogP) is -0.610. The zero-order valence-electron chi connectivity index (χ0n) is 7.41. The van der Waals surface area contributed by atoms with Crippen LogP contribution in [0, 0.1) is 16.7 Å². The summed E-state index contributed by atoms with van der Waals surface area (Å²) >= 11 is 0. The van der Waals surface area contributed by atoms with Crippen LogP contribution in [0.1, 0.15) is 12.8 Å². The van der Waals surface area contributed by atoms with Crippen molar-refractivity contribution in [2.75, 3.05) is 0 Å². The first-order valence-corrected chi connectivity index (χ1v) is 3.96. The average molecular weight is 221 g/mol. The zero-order valence-corrected chi connectivity index (χ0v) is 7.41. The molecule has 1 saturated carbocycles. The monoisotopic (exact) mass is 221 g/mol. The Hall–Kier alpha value is -0.775. The van der Waals surface area contributed by atoms with Gasteiger partial charge in [0, 0.05) is 0 Å². The number of rotatable bonds is 2. The Bertz CT molecular complexity index is 316. The molecule has 2 radical (unpaired) electrons. The van der Waals surface area contributed by atoms with Gasteiger partial charge in [-0.2, -0.15) is 18.4 Å². The summed E-state index contributed by atoms with van der Waals surface area (Å²) in [5, 5.41) is 35.4. The summed E-state index contributed by atoms with van der Waals surface area (Å²) in [5.41, 5.74) is -6.26. The van der Waals surface area contributed by atoms with Gasteiger partial charge in [-0.05, 0) is 12.8 Å². The molecule has 0 bridgehead atoms. The lowest BCUT2D eigenvalue weighted by Gasteiger charge is -2.40. The Kier molecular flexibility index (Phi) is 2.36. The highest BCUT2D eigenvalue weighted by atomic mass is 19.4. The molecular formula is C7H7BF3NO3. The second kappa shape index (κ2) is 2.87. The van der Waals surface area contributed by atoms with Crippen molar-refractivity contribution in [2.24, 2.45) is 5.41 Å². The van der Waals surface area contributed by atoms with E-state index < -0.39 is 35.7 Å². The molecule has 0 aliphatic heterocycles. The van der Waals surface area contributed by atoms with Crippen LogP contribution in [-0.2, 0) is 0 Å². The topological polar surface area (TPSA) is 84.5 Å². The summed E-state index contributed by atoms with van der Waals surface area (Å²) in [6.45, 7) is 0. The van der Waals surface area contributed by atoms with Crippen LogP contribution in [-0.4, -0.2) is 40.6 Å². The highest BCUT2D eigenvalue weighted by molar-refractivity contribution is 6.16. The maximum atomic E-state index is 12.5. The van der Waals surface area contributed by atoms with Gasteiger partial charge in [-0.3, -0.25) is 0 Å². The van der Waals surface area contributed by atoms with Gasteiger partial charge in [0.05, 0.1) is 5.41 Å². The number of hydrogen-bond acceptors (Lipinski definition) is 4. The predicted molar refractivity (Wildman–Crippen MR) is 41.2 cm³/mol. The lowest BCUT2D eigenvalue weighted by atomic mass is 9.63. The van der Waals surface area contributed by atoms with E-state index in [4.69, 9.17) is 23.3 Å². The van der Waals surface area contributed by atoms with Crippen molar-refractivity contribution in [3.05, 3.63) is 0 Å². The molecule has 0 heterocycles. The maximum Gasteiger partial charge on any atom is 0.396 e. The third-order valence-electron chi connectivity index (χ3n) is 2.71. The van der Waals surface area contributed by atoms with E-state index in [0.29, 0.717) is 0 Å². The number of aliphatic hydroxyl groups is 3. The zero-order chi connectivity index (χ0) is 12.1. The minimum Gasteiger partial charge on any atom is -0.392 e. The van der Waals surface area contributed by atoms with Crippen molar-refractivity contribution in [3.63, 3.8) is 0 Å². The van der Waals surface area contributed by atoms with Gasteiger partial charge in [0.15, 0.2) is 0 Å². The number of nitrogens with zero attached hydrogens (tertiary/aromatic N) is 1. The normalized spacial score (nSPS) is 24.1. The molecule has 1 aliphatic rings. The molecule has 4 nitrogen and oxygen atoms in total. The molecule has 82 valence electrons. The van der Waals surface area contributed by atoms with Crippen molar-refractivity contribution < 1.29 is 28.5 Å². The van der Waals surface area contributed by atoms with Crippen LogP contribution >= 0.6 is 0 Å². The van der Waals surface area contributed by atoms with Crippen LogP contribution < -0.4 is 0 Å². The van der Waals surface area contributed by atoms with Crippen molar-refractivity contribution in [2.45, 2.75) is 30.3 Å². The standard InChI is InChI=1S/C7H7BF3NO3/c8-6(15,5(13,14)3-12)4(1-2-4)7(9,10)11/h13-15H,1-2H2.